The molecule has 0 aliphatic rings. The second kappa shape index (κ2) is 6.18. The Morgan fingerprint density at radius 3 is 2.21 bits per heavy atom. The number of rotatable bonds is 3. The Labute approximate surface area is 115 Å². The molecule has 0 saturated heterocycles. The van der Waals surface area contributed by atoms with Crippen LogP contribution >= 0.6 is 15.9 Å². The van der Waals surface area contributed by atoms with Crippen molar-refractivity contribution in [3.05, 3.63) is 40.1 Å². The number of hydrogen-bond donors (Lipinski definition) is 0. The van der Waals surface area contributed by atoms with E-state index in [4.69, 9.17) is 0 Å². The van der Waals surface area contributed by atoms with Gasteiger partial charge in [0.15, 0.2) is 0 Å². The molecule has 0 heterocycles. The summed E-state index contributed by atoms with van der Waals surface area (Å²) < 4.78 is 56.9. The first-order valence-electron chi connectivity index (χ1n) is 5.17. The number of allylic oxidation sites excluding steroid dienone is 1. The van der Waals surface area contributed by atoms with Gasteiger partial charge in [-0.2, -0.15) is 17.6 Å². The molecule has 0 saturated carbocycles. The highest BCUT2D eigenvalue weighted by Gasteiger charge is 2.40. The van der Waals surface area contributed by atoms with Crippen LogP contribution in [0.2, 0.25) is 0 Å². The van der Waals surface area contributed by atoms with Crippen LogP contribution in [-0.2, 0) is 9.53 Å². The van der Waals surface area contributed by atoms with Gasteiger partial charge in [0, 0.05) is 4.47 Å². The molecule has 1 rings (SSSR count). The average molecular weight is 341 g/mol. The number of ether oxygens (including phenoxy) is 1. The van der Waals surface area contributed by atoms with E-state index in [-0.39, 0.29) is 6.61 Å². The van der Waals surface area contributed by atoms with Crippen molar-refractivity contribution in [1.29, 1.82) is 0 Å². The maximum atomic E-state index is 13.6. The molecular weight excluding hydrogens is 332 g/mol. The predicted molar refractivity (Wildman–Crippen MR) is 64.9 cm³/mol. The third-order valence-corrected chi connectivity index (χ3v) is 2.62. The Bertz CT molecular complexity index is 491. The minimum atomic E-state index is -5.00. The van der Waals surface area contributed by atoms with Crippen LogP contribution in [0.25, 0.3) is 5.57 Å². The van der Waals surface area contributed by atoms with E-state index in [1.54, 1.807) is 0 Å². The van der Waals surface area contributed by atoms with Gasteiger partial charge in [0.25, 0.3) is 0 Å². The number of carbonyl (C=O) groups is 1. The van der Waals surface area contributed by atoms with E-state index < -0.39 is 29.1 Å². The third kappa shape index (κ3) is 4.05. The van der Waals surface area contributed by atoms with E-state index in [0.717, 1.165) is 12.1 Å². The Morgan fingerprint density at radius 1 is 1.26 bits per heavy atom. The molecule has 0 aliphatic heterocycles. The number of carbonyl (C=O) groups excluding carboxylic acids is 1. The lowest BCUT2D eigenvalue weighted by atomic mass is 10.0. The Kier molecular flexibility index (Phi) is 5.11. The van der Waals surface area contributed by atoms with Crippen LogP contribution in [0.1, 0.15) is 12.5 Å². The normalized spacial score (nSPS) is 12.9. The van der Waals surface area contributed by atoms with Gasteiger partial charge in [-0.3, -0.25) is 0 Å². The number of hydrogen-bond acceptors (Lipinski definition) is 2. The van der Waals surface area contributed by atoms with Crippen LogP contribution in [0.3, 0.4) is 0 Å². The maximum absolute atomic E-state index is 13.6. The average Bonchev–Trinajstić information content (AvgIpc) is 2.30. The summed E-state index contributed by atoms with van der Waals surface area (Å²) in [6.45, 7) is 1.16. The molecule has 0 N–H and O–H groups in total. The molecule has 0 fully saturated rings. The summed E-state index contributed by atoms with van der Waals surface area (Å²) in [5.41, 5.74) is -2.08. The van der Waals surface area contributed by atoms with Crippen LogP contribution in [0.4, 0.5) is 17.6 Å². The second-order valence-corrected chi connectivity index (χ2v) is 4.33. The third-order valence-electron chi connectivity index (χ3n) is 2.09. The quantitative estimate of drug-likeness (QED) is 0.467. The fourth-order valence-electron chi connectivity index (χ4n) is 1.33. The summed E-state index contributed by atoms with van der Waals surface area (Å²) in [5.74, 6) is -3.57. The molecule has 1 aromatic carbocycles. The summed E-state index contributed by atoms with van der Waals surface area (Å²) in [5, 5.41) is 0. The number of halogens is 5. The highest BCUT2D eigenvalue weighted by Crippen LogP contribution is 2.37. The second-order valence-electron chi connectivity index (χ2n) is 3.41. The Hall–Kier alpha value is -1.37. The molecule has 0 unspecified atom stereocenters. The summed E-state index contributed by atoms with van der Waals surface area (Å²) in [6.07, 6.45) is -5.00. The summed E-state index contributed by atoms with van der Waals surface area (Å²) in [4.78, 5) is 11.1. The van der Waals surface area contributed by atoms with E-state index >= 15 is 0 Å². The zero-order valence-electron chi connectivity index (χ0n) is 9.72. The minimum absolute atomic E-state index is 0.211. The van der Waals surface area contributed by atoms with E-state index in [2.05, 4.69) is 20.7 Å². The standard InChI is InChI=1S/C12H9BrF4O2/c1-2-19-11(18)10(14)9(12(15,16)17)7-3-5-8(13)6-4-7/h3-6H,2H2,1H3/b10-9+. The van der Waals surface area contributed by atoms with Gasteiger partial charge in [-0.05, 0) is 24.6 Å². The number of alkyl halides is 3. The summed E-state index contributed by atoms with van der Waals surface area (Å²) in [7, 11) is 0. The van der Waals surface area contributed by atoms with Crippen LogP contribution in [-0.4, -0.2) is 18.8 Å². The summed E-state index contributed by atoms with van der Waals surface area (Å²) >= 11 is 3.05. The van der Waals surface area contributed by atoms with Gasteiger partial charge in [0.05, 0.1) is 6.61 Å². The van der Waals surface area contributed by atoms with Crippen molar-refractivity contribution in [3.8, 4) is 0 Å². The zero-order valence-corrected chi connectivity index (χ0v) is 11.3. The first-order valence-corrected chi connectivity index (χ1v) is 5.96. The fourth-order valence-corrected chi connectivity index (χ4v) is 1.59. The van der Waals surface area contributed by atoms with Crippen molar-refractivity contribution in [2.24, 2.45) is 0 Å². The SMILES string of the molecule is CCOC(=O)/C(F)=C(/c1ccc(Br)cc1)C(F)(F)F. The Balaban J connectivity index is 3.34. The van der Waals surface area contributed by atoms with Gasteiger partial charge in [-0.25, -0.2) is 4.79 Å². The van der Waals surface area contributed by atoms with Crippen molar-refractivity contribution in [3.63, 3.8) is 0 Å². The van der Waals surface area contributed by atoms with Crippen molar-refractivity contribution in [2.75, 3.05) is 6.61 Å². The van der Waals surface area contributed by atoms with E-state index in [0.29, 0.717) is 4.47 Å². The van der Waals surface area contributed by atoms with E-state index in [1.807, 2.05) is 0 Å². The van der Waals surface area contributed by atoms with Crippen molar-refractivity contribution in [2.45, 2.75) is 13.1 Å². The molecule has 19 heavy (non-hydrogen) atoms. The minimum Gasteiger partial charge on any atom is -0.461 e. The molecule has 0 bridgehead atoms. The molecule has 0 amide bonds. The largest absolute Gasteiger partial charge is 0.461 e. The molecule has 2 nitrogen and oxygen atoms in total. The zero-order chi connectivity index (χ0) is 14.6. The first kappa shape index (κ1) is 15.7. The van der Waals surface area contributed by atoms with Crippen LogP contribution < -0.4 is 0 Å². The number of benzene rings is 1. The lowest BCUT2D eigenvalue weighted by Gasteiger charge is -2.13. The molecule has 0 spiro atoms. The van der Waals surface area contributed by atoms with Gasteiger partial charge in [-0.1, -0.05) is 28.1 Å². The predicted octanol–water partition coefficient (Wildman–Crippen LogP) is 4.26. The van der Waals surface area contributed by atoms with Crippen molar-refractivity contribution >= 4 is 27.5 Å². The molecule has 0 aromatic heterocycles. The first-order chi connectivity index (χ1) is 8.77. The lowest BCUT2D eigenvalue weighted by molar-refractivity contribution is -0.140. The summed E-state index contributed by atoms with van der Waals surface area (Å²) in [6, 6.07) is 4.76. The van der Waals surface area contributed by atoms with Gasteiger partial charge >= 0.3 is 12.1 Å². The van der Waals surface area contributed by atoms with Crippen LogP contribution in [0.15, 0.2) is 34.6 Å². The van der Waals surface area contributed by atoms with Crippen molar-refractivity contribution < 1.29 is 27.1 Å². The van der Waals surface area contributed by atoms with Crippen LogP contribution in [0.5, 0.6) is 0 Å². The van der Waals surface area contributed by atoms with E-state index in [9.17, 15) is 22.4 Å². The highest BCUT2D eigenvalue weighted by molar-refractivity contribution is 9.10. The molecule has 0 atom stereocenters. The molecule has 0 aliphatic carbocycles. The molecule has 0 radical (unpaired) electrons. The van der Waals surface area contributed by atoms with Gasteiger partial charge in [0.2, 0.25) is 5.83 Å². The highest BCUT2D eigenvalue weighted by atomic mass is 79.9. The van der Waals surface area contributed by atoms with Gasteiger partial charge in [-0.15, -0.1) is 0 Å². The molecule has 7 heteroatoms. The smallest absolute Gasteiger partial charge is 0.420 e. The van der Waals surface area contributed by atoms with E-state index in [1.165, 1.54) is 19.1 Å². The van der Waals surface area contributed by atoms with Gasteiger partial charge in [0.1, 0.15) is 5.57 Å². The van der Waals surface area contributed by atoms with Crippen molar-refractivity contribution in [1.82, 2.24) is 0 Å². The van der Waals surface area contributed by atoms with Crippen LogP contribution in [0, 0.1) is 0 Å². The topological polar surface area (TPSA) is 26.3 Å². The fraction of sp³-hybridized carbons (Fsp3) is 0.250. The molecule has 104 valence electrons. The molecule has 1 aromatic rings. The van der Waals surface area contributed by atoms with Gasteiger partial charge < -0.3 is 4.74 Å². The Morgan fingerprint density at radius 2 is 1.79 bits per heavy atom. The number of esters is 1. The maximum Gasteiger partial charge on any atom is 0.420 e. The lowest BCUT2D eigenvalue weighted by Crippen LogP contribution is -2.17. The monoisotopic (exact) mass is 340 g/mol. The molecular formula is C12H9BrF4O2.